The molecule has 1 N–H and O–H groups in total. The van der Waals surface area contributed by atoms with Gasteiger partial charge in [-0.25, -0.2) is 0 Å². The number of fused-ring (bicyclic) bond motifs is 2. The predicted octanol–water partition coefficient (Wildman–Crippen LogP) is 3.47. The standard InChI is InChI=1S/C25H31BN2O3/c1-23(2)24(3,4)31-26(30-23)19-10-11-21-20(16-19)25(22(29)27-21)12-14-28(15-13-25)17-18-8-6-5-7-9-18/h5-11,16H,12-15,17H2,1-4H3,(H,27,29). The van der Waals surface area contributed by atoms with Crippen molar-refractivity contribution in [3.8, 4) is 0 Å². The van der Waals surface area contributed by atoms with Crippen molar-refractivity contribution in [3.05, 3.63) is 59.7 Å². The quantitative estimate of drug-likeness (QED) is 0.776. The first-order chi connectivity index (χ1) is 14.7. The van der Waals surface area contributed by atoms with Gasteiger partial charge in [0.25, 0.3) is 0 Å². The normalized spacial score (nSPS) is 23.7. The minimum Gasteiger partial charge on any atom is -0.399 e. The summed E-state index contributed by atoms with van der Waals surface area (Å²) in [5.41, 5.74) is 3.11. The van der Waals surface area contributed by atoms with Crippen molar-refractivity contribution >= 4 is 24.2 Å². The molecule has 2 aromatic rings. The highest BCUT2D eigenvalue weighted by molar-refractivity contribution is 6.62. The molecule has 6 heteroatoms. The number of piperidine rings is 1. The molecule has 0 aromatic heterocycles. The molecule has 0 saturated carbocycles. The maximum Gasteiger partial charge on any atom is 0.494 e. The van der Waals surface area contributed by atoms with Crippen LogP contribution in [0.2, 0.25) is 0 Å². The molecule has 0 bridgehead atoms. The zero-order valence-electron chi connectivity index (χ0n) is 18.9. The van der Waals surface area contributed by atoms with E-state index in [1.807, 2.05) is 18.2 Å². The number of nitrogens with one attached hydrogen (secondary N) is 1. The monoisotopic (exact) mass is 418 g/mol. The van der Waals surface area contributed by atoms with E-state index in [2.05, 4.69) is 68.2 Å². The summed E-state index contributed by atoms with van der Waals surface area (Å²) in [5.74, 6) is 0.132. The van der Waals surface area contributed by atoms with E-state index in [4.69, 9.17) is 9.31 Å². The van der Waals surface area contributed by atoms with Crippen LogP contribution in [-0.4, -0.2) is 42.2 Å². The molecule has 0 atom stereocenters. The van der Waals surface area contributed by atoms with E-state index in [0.29, 0.717) is 0 Å². The average molecular weight is 418 g/mol. The molecule has 0 unspecified atom stereocenters. The Bertz CT molecular complexity index is 981. The van der Waals surface area contributed by atoms with E-state index in [1.165, 1.54) is 5.56 Å². The van der Waals surface area contributed by atoms with Crippen LogP contribution in [-0.2, 0) is 26.1 Å². The summed E-state index contributed by atoms with van der Waals surface area (Å²) in [6.45, 7) is 11.0. The predicted molar refractivity (Wildman–Crippen MR) is 123 cm³/mol. The van der Waals surface area contributed by atoms with Crippen LogP contribution in [0.15, 0.2) is 48.5 Å². The van der Waals surface area contributed by atoms with E-state index in [1.54, 1.807) is 0 Å². The number of rotatable bonds is 3. The third-order valence-corrected chi connectivity index (χ3v) is 7.73. The summed E-state index contributed by atoms with van der Waals surface area (Å²) in [6.07, 6.45) is 1.65. The first kappa shape index (κ1) is 20.7. The number of hydrogen-bond donors (Lipinski definition) is 1. The summed E-state index contributed by atoms with van der Waals surface area (Å²) in [7, 11) is -0.416. The Balaban J connectivity index is 1.37. The van der Waals surface area contributed by atoms with Gasteiger partial charge in [-0.3, -0.25) is 9.69 Å². The zero-order chi connectivity index (χ0) is 21.9. The second kappa shape index (κ2) is 7.19. The van der Waals surface area contributed by atoms with Crippen LogP contribution in [0.4, 0.5) is 5.69 Å². The van der Waals surface area contributed by atoms with E-state index in [0.717, 1.165) is 49.2 Å². The van der Waals surface area contributed by atoms with Crippen LogP contribution in [0.1, 0.15) is 51.7 Å². The minimum atomic E-state index is -0.456. The molecule has 2 fully saturated rings. The molecule has 3 aliphatic rings. The molecule has 31 heavy (non-hydrogen) atoms. The average Bonchev–Trinajstić information content (AvgIpc) is 3.13. The molecule has 3 heterocycles. The first-order valence-corrected chi connectivity index (χ1v) is 11.3. The summed E-state index contributed by atoms with van der Waals surface area (Å²) < 4.78 is 12.5. The lowest BCUT2D eigenvalue weighted by atomic mass is 9.70. The van der Waals surface area contributed by atoms with E-state index in [9.17, 15) is 4.79 Å². The fourth-order valence-corrected chi connectivity index (χ4v) is 4.99. The summed E-state index contributed by atoms with van der Waals surface area (Å²) >= 11 is 0. The van der Waals surface area contributed by atoms with E-state index >= 15 is 0 Å². The van der Waals surface area contributed by atoms with Crippen LogP contribution in [0.3, 0.4) is 0 Å². The Hall–Kier alpha value is -2.15. The molecule has 1 spiro atoms. The van der Waals surface area contributed by atoms with Crippen LogP contribution in [0.25, 0.3) is 0 Å². The topological polar surface area (TPSA) is 50.8 Å². The molecule has 0 aliphatic carbocycles. The van der Waals surface area contributed by atoms with Crippen LogP contribution >= 0.6 is 0 Å². The summed E-state index contributed by atoms with van der Waals surface area (Å²) in [5, 5.41) is 3.13. The van der Waals surface area contributed by atoms with Gasteiger partial charge in [0.2, 0.25) is 5.91 Å². The molecular weight excluding hydrogens is 387 g/mol. The molecule has 3 aliphatic heterocycles. The lowest BCUT2D eigenvalue weighted by molar-refractivity contribution is -0.122. The smallest absolute Gasteiger partial charge is 0.399 e. The number of nitrogens with zero attached hydrogens (tertiary/aromatic N) is 1. The van der Waals surface area contributed by atoms with Gasteiger partial charge in [0.1, 0.15) is 0 Å². The van der Waals surface area contributed by atoms with Gasteiger partial charge in [-0.05, 0) is 76.3 Å². The van der Waals surface area contributed by atoms with Crippen LogP contribution in [0.5, 0.6) is 0 Å². The van der Waals surface area contributed by atoms with Crippen molar-refractivity contribution < 1.29 is 14.1 Å². The Labute approximate surface area is 185 Å². The Morgan fingerprint density at radius 3 is 2.26 bits per heavy atom. The van der Waals surface area contributed by atoms with Crippen molar-refractivity contribution in [3.63, 3.8) is 0 Å². The number of carbonyl (C=O) groups excluding carboxylic acids is 1. The summed E-state index contributed by atoms with van der Waals surface area (Å²) in [6, 6.07) is 16.7. The number of amides is 1. The number of carbonyl (C=O) groups is 1. The van der Waals surface area contributed by atoms with Gasteiger partial charge < -0.3 is 14.6 Å². The maximum absolute atomic E-state index is 13.1. The highest BCUT2D eigenvalue weighted by atomic mass is 16.7. The van der Waals surface area contributed by atoms with Gasteiger partial charge in [-0.1, -0.05) is 42.5 Å². The number of anilines is 1. The molecule has 0 radical (unpaired) electrons. The van der Waals surface area contributed by atoms with Gasteiger partial charge in [0.05, 0.1) is 16.6 Å². The number of hydrogen-bond acceptors (Lipinski definition) is 4. The summed E-state index contributed by atoms with van der Waals surface area (Å²) in [4.78, 5) is 15.6. The lowest BCUT2D eigenvalue weighted by Crippen LogP contribution is -2.46. The lowest BCUT2D eigenvalue weighted by Gasteiger charge is -2.38. The second-order valence-electron chi connectivity index (χ2n) is 10.2. The van der Waals surface area contributed by atoms with E-state index in [-0.39, 0.29) is 17.1 Å². The molecule has 2 aromatic carbocycles. The first-order valence-electron chi connectivity index (χ1n) is 11.3. The molecule has 1 amide bonds. The number of likely N-dealkylation sites (tertiary alicyclic amines) is 1. The number of benzene rings is 2. The van der Waals surface area contributed by atoms with Crippen molar-refractivity contribution in [1.29, 1.82) is 0 Å². The van der Waals surface area contributed by atoms with Crippen LogP contribution in [0, 0.1) is 0 Å². The van der Waals surface area contributed by atoms with Gasteiger partial charge in [0.15, 0.2) is 0 Å². The van der Waals surface area contributed by atoms with Gasteiger partial charge >= 0.3 is 7.12 Å². The highest BCUT2D eigenvalue weighted by Crippen LogP contribution is 2.45. The molecule has 5 rings (SSSR count). The maximum atomic E-state index is 13.1. The van der Waals surface area contributed by atoms with Gasteiger partial charge in [-0.15, -0.1) is 0 Å². The molecule has 162 valence electrons. The van der Waals surface area contributed by atoms with Gasteiger partial charge in [0, 0.05) is 12.2 Å². The van der Waals surface area contributed by atoms with Gasteiger partial charge in [-0.2, -0.15) is 0 Å². The minimum absolute atomic E-state index is 0.132. The largest absolute Gasteiger partial charge is 0.494 e. The SMILES string of the molecule is CC1(C)OB(c2ccc3c(c2)C2(CCN(Cc4ccccc4)CC2)C(=O)N3)OC1(C)C. The Kier molecular flexibility index (Phi) is 4.81. The zero-order valence-corrected chi connectivity index (χ0v) is 18.9. The Morgan fingerprint density at radius 1 is 0.968 bits per heavy atom. The van der Waals surface area contributed by atoms with Crippen molar-refractivity contribution in [2.24, 2.45) is 0 Å². The highest BCUT2D eigenvalue weighted by Gasteiger charge is 2.53. The fourth-order valence-electron chi connectivity index (χ4n) is 4.99. The molecular formula is C25H31BN2O3. The third kappa shape index (κ3) is 3.41. The fraction of sp³-hybridized carbons (Fsp3) is 0.480. The van der Waals surface area contributed by atoms with Crippen molar-refractivity contribution in [2.45, 2.75) is 63.7 Å². The van der Waals surface area contributed by atoms with Crippen molar-refractivity contribution in [1.82, 2.24) is 4.90 Å². The Morgan fingerprint density at radius 2 is 1.61 bits per heavy atom. The second-order valence-corrected chi connectivity index (χ2v) is 10.2. The third-order valence-electron chi connectivity index (χ3n) is 7.73. The van der Waals surface area contributed by atoms with E-state index < -0.39 is 12.5 Å². The van der Waals surface area contributed by atoms with Crippen LogP contribution < -0.4 is 10.8 Å². The van der Waals surface area contributed by atoms with Crippen molar-refractivity contribution in [2.75, 3.05) is 18.4 Å². The molecule has 5 nitrogen and oxygen atoms in total. The molecule has 2 saturated heterocycles.